The molecule has 0 bridgehead atoms. The van der Waals surface area contributed by atoms with Gasteiger partial charge in [-0.1, -0.05) is 42.2 Å². The van der Waals surface area contributed by atoms with E-state index < -0.39 is 6.09 Å². The van der Waals surface area contributed by atoms with Crippen LogP contribution in [-0.2, 0) is 6.54 Å². The number of benzene rings is 3. The van der Waals surface area contributed by atoms with Crippen molar-refractivity contribution < 1.29 is 9.90 Å². The van der Waals surface area contributed by atoms with Gasteiger partial charge in [0.25, 0.3) is 0 Å². The molecular weight excluding hydrogens is 326 g/mol. The molecule has 128 valence electrons. The van der Waals surface area contributed by atoms with Crippen molar-refractivity contribution in [1.29, 1.82) is 0 Å². The predicted octanol–water partition coefficient (Wildman–Crippen LogP) is 3.30. The molecule has 0 saturated heterocycles. The molecule has 0 aliphatic rings. The van der Waals surface area contributed by atoms with Crippen LogP contribution in [0.5, 0.6) is 0 Å². The summed E-state index contributed by atoms with van der Waals surface area (Å²) in [6.45, 7) is 0.282. The summed E-state index contributed by atoms with van der Waals surface area (Å²) in [5, 5.41) is 16.7. The molecule has 0 saturated carbocycles. The average molecular weight is 343 g/mol. The number of carboxylic acid groups (broad SMARTS) is 1. The molecular formula is C21H17N3O2. The first-order chi connectivity index (χ1) is 12.6. The van der Waals surface area contributed by atoms with Crippen LogP contribution in [-0.4, -0.2) is 17.4 Å². The van der Waals surface area contributed by atoms with E-state index in [4.69, 9.17) is 10.9 Å². The standard InChI is InChI=1S/C21H17N3O2/c22-24-14-18-8-10-19-11-16(7-9-20(19)12-18)4-1-15-2-5-17(6-3-15)13-23-21(25)26/h2-3,5-12,14,23H,13,22H2,(H,25,26). The van der Waals surface area contributed by atoms with Gasteiger partial charge < -0.3 is 16.3 Å². The number of amides is 1. The second kappa shape index (κ2) is 7.86. The Hall–Kier alpha value is -3.78. The zero-order chi connectivity index (χ0) is 18.4. The van der Waals surface area contributed by atoms with Gasteiger partial charge >= 0.3 is 6.09 Å². The van der Waals surface area contributed by atoms with Gasteiger partial charge in [-0.15, -0.1) is 0 Å². The van der Waals surface area contributed by atoms with Gasteiger partial charge in [-0.05, 0) is 52.2 Å². The van der Waals surface area contributed by atoms with E-state index in [0.717, 1.165) is 33.0 Å². The van der Waals surface area contributed by atoms with Crippen molar-refractivity contribution in [3.8, 4) is 11.8 Å². The van der Waals surface area contributed by atoms with E-state index in [1.807, 2.05) is 60.7 Å². The van der Waals surface area contributed by atoms with Crippen LogP contribution in [0.1, 0.15) is 22.3 Å². The summed E-state index contributed by atoms with van der Waals surface area (Å²) in [7, 11) is 0. The third-order valence-electron chi connectivity index (χ3n) is 3.84. The number of hydrogen-bond acceptors (Lipinski definition) is 3. The smallest absolute Gasteiger partial charge is 0.404 e. The number of fused-ring (bicyclic) bond motifs is 1. The first-order valence-corrected chi connectivity index (χ1v) is 7.99. The van der Waals surface area contributed by atoms with E-state index in [1.54, 1.807) is 6.21 Å². The number of hydrazone groups is 1. The maximum absolute atomic E-state index is 10.5. The zero-order valence-electron chi connectivity index (χ0n) is 13.9. The predicted molar refractivity (Wildman–Crippen MR) is 103 cm³/mol. The molecule has 5 heteroatoms. The number of nitrogens with two attached hydrogens (primary N) is 1. The summed E-state index contributed by atoms with van der Waals surface area (Å²) in [5.74, 6) is 11.5. The van der Waals surface area contributed by atoms with E-state index in [0.29, 0.717) is 0 Å². The first kappa shape index (κ1) is 17.1. The van der Waals surface area contributed by atoms with Crippen molar-refractivity contribution in [3.63, 3.8) is 0 Å². The van der Waals surface area contributed by atoms with E-state index in [-0.39, 0.29) is 6.54 Å². The van der Waals surface area contributed by atoms with Crippen LogP contribution < -0.4 is 11.2 Å². The van der Waals surface area contributed by atoms with Crippen LogP contribution in [0.15, 0.2) is 65.8 Å². The first-order valence-electron chi connectivity index (χ1n) is 7.99. The Balaban J connectivity index is 1.76. The molecule has 4 N–H and O–H groups in total. The molecule has 0 aliphatic carbocycles. The van der Waals surface area contributed by atoms with Crippen molar-refractivity contribution in [1.82, 2.24) is 5.32 Å². The second-order valence-electron chi connectivity index (χ2n) is 5.71. The zero-order valence-corrected chi connectivity index (χ0v) is 13.9. The Bertz CT molecular complexity index is 1030. The van der Waals surface area contributed by atoms with Crippen molar-refractivity contribution in [2.75, 3.05) is 0 Å². The molecule has 3 rings (SSSR count). The lowest BCUT2D eigenvalue weighted by Crippen LogP contribution is -2.19. The summed E-state index contributed by atoms with van der Waals surface area (Å²) in [6, 6.07) is 19.5. The maximum atomic E-state index is 10.5. The van der Waals surface area contributed by atoms with Crippen LogP contribution in [0, 0.1) is 11.8 Å². The van der Waals surface area contributed by atoms with Gasteiger partial charge in [-0.3, -0.25) is 0 Å². The molecule has 0 aromatic heterocycles. The third kappa shape index (κ3) is 4.40. The molecule has 0 heterocycles. The van der Waals surface area contributed by atoms with Crippen molar-refractivity contribution >= 4 is 23.1 Å². The SMILES string of the molecule is NN=Cc1ccc2cc(C#Cc3ccc(CNC(=O)O)cc3)ccc2c1. The third-order valence-corrected chi connectivity index (χ3v) is 3.84. The van der Waals surface area contributed by atoms with Crippen LogP contribution in [0.2, 0.25) is 0 Å². The van der Waals surface area contributed by atoms with Gasteiger partial charge in [0.2, 0.25) is 0 Å². The molecule has 1 amide bonds. The van der Waals surface area contributed by atoms with Gasteiger partial charge in [-0.2, -0.15) is 5.10 Å². The van der Waals surface area contributed by atoms with Crippen LogP contribution in [0.4, 0.5) is 4.79 Å². The normalized spacial score (nSPS) is 10.5. The Kier molecular flexibility index (Phi) is 5.16. The lowest BCUT2D eigenvalue weighted by molar-refractivity contribution is 0.194. The highest BCUT2D eigenvalue weighted by molar-refractivity contribution is 5.91. The fraction of sp³-hybridized carbons (Fsp3) is 0.0476. The lowest BCUT2D eigenvalue weighted by atomic mass is 10.0. The highest BCUT2D eigenvalue weighted by Gasteiger charge is 1.98. The Morgan fingerprint density at radius 1 is 1.00 bits per heavy atom. The Labute approximate surface area is 151 Å². The molecule has 0 aliphatic heterocycles. The average Bonchev–Trinajstić information content (AvgIpc) is 2.65. The van der Waals surface area contributed by atoms with Crippen molar-refractivity contribution in [2.45, 2.75) is 6.54 Å². The van der Waals surface area contributed by atoms with E-state index in [2.05, 4.69) is 22.3 Å². The molecule has 26 heavy (non-hydrogen) atoms. The topological polar surface area (TPSA) is 87.7 Å². The minimum atomic E-state index is -1.03. The van der Waals surface area contributed by atoms with Gasteiger partial charge in [-0.25, -0.2) is 4.79 Å². The second-order valence-corrected chi connectivity index (χ2v) is 5.71. The number of rotatable bonds is 3. The fourth-order valence-corrected chi connectivity index (χ4v) is 2.54. The largest absolute Gasteiger partial charge is 0.465 e. The molecule has 3 aromatic rings. The minimum absolute atomic E-state index is 0.282. The molecule has 0 fully saturated rings. The lowest BCUT2D eigenvalue weighted by Gasteiger charge is -2.01. The van der Waals surface area contributed by atoms with Gasteiger partial charge in [0.1, 0.15) is 0 Å². The fourth-order valence-electron chi connectivity index (χ4n) is 2.54. The maximum Gasteiger partial charge on any atom is 0.404 e. The van der Waals surface area contributed by atoms with E-state index >= 15 is 0 Å². The summed E-state index contributed by atoms with van der Waals surface area (Å²) in [4.78, 5) is 10.5. The highest BCUT2D eigenvalue weighted by Crippen LogP contribution is 2.17. The van der Waals surface area contributed by atoms with Gasteiger partial charge in [0, 0.05) is 17.7 Å². The van der Waals surface area contributed by atoms with Gasteiger partial charge in [0.15, 0.2) is 0 Å². The summed E-state index contributed by atoms with van der Waals surface area (Å²) in [5.41, 5.74) is 3.64. The highest BCUT2D eigenvalue weighted by atomic mass is 16.4. The minimum Gasteiger partial charge on any atom is -0.465 e. The van der Waals surface area contributed by atoms with Crippen molar-refractivity contribution in [2.24, 2.45) is 10.9 Å². The van der Waals surface area contributed by atoms with Gasteiger partial charge in [0.05, 0.1) is 6.21 Å². The molecule has 0 unspecified atom stereocenters. The Morgan fingerprint density at radius 3 is 2.38 bits per heavy atom. The van der Waals surface area contributed by atoms with Crippen LogP contribution >= 0.6 is 0 Å². The van der Waals surface area contributed by atoms with E-state index in [9.17, 15) is 4.79 Å². The summed E-state index contributed by atoms with van der Waals surface area (Å²) in [6.07, 6.45) is 0.579. The quantitative estimate of drug-likeness (QED) is 0.295. The number of carbonyl (C=O) groups is 1. The summed E-state index contributed by atoms with van der Waals surface area (Å²) >= 11 is 0. The number of nitrogens with one attached hydrogen (secondary N) is 1. The van der Waals surface area contributed by atoms with Crippen molar-refractivity contribution in [3.05, 3.63) is 82.9 Å². The van der Waals surface area contributed by atoms with Crippen LogP contribution in [0.25, 0.3) is 10.8 Å². The molecule has 3 aromatic carbocycles. The molecule has 0 spiro atoms. The molecule has 0 atom stereocenters. The van der Waals surface area contributed by atoms with Crippen LogP contribution in [0.3, 0.4) is 0 Å². The molecule has 5 nitrogen and oxygen atoms in total. The van der Waals surface area contributed by atoms with E-state index in [1.165, 1.54) is 0 Å². The number of hydrogen-bond donors (Lipinski definition) is 3. The number of nitrogens with zero attached hydrogens (tertiary/aromatic N) is 1. The monoisotopic (exact) mass is 343 g/mol. The summed E-state index contributed by atoms with van der Waals surface area (Å²) < 4.78 is 0. The molecule has 0 radical (unpaired) electrons. The Morgan fingerprint density at radius 2 is 1.65 bits per heavy atom.